The predicted molar refractivity (Wildman–Crippen MR) is 82.1 cm³/mol. The van der Waals surface area contributed by atoms with Gasteiger partial charge in [-0.15, -0.1) is 0 Å². The summed E-state index contributed by atoms with van der Waals surface area (Å²) in [5, 5.41) is 11.2. The van der Waals surface area contributed by atoms with Gasteiger partial charge in [-0.2, -0.15) is 0 Å². The quantitative estimate of drug-likeness (QED) is 0.394. The molecule has 0 saturated heterocycles. The molecule has 0 radical (unpaired) electrons. The van der Waals surface area contributed by atoms with Gasteiger partial charge in [0.25, 0.3) is 5.69 Å². The first-order valence-corrected chi connectivity index (χ1v) is 6.28. The van der Waals surface area contributed by atoms with Crippen molar-refractivity contribution in [2.45, 2.75) is 13.8 Å². The van der Waals surface area contributed by atoms with E-state index in [1.54, 1.807) is 18.2 Å². The number of rotatable bonds is 3. The van der Waals surface area contributed by atoms with Crippen molar-refractivity contribution in [2.75, 3.05) is 5.73 Å². The van der Waals surface area contributed by atoms with Crippen molar-refractivity contribution in [2.24, 2.45) is 0 Å². The van der Waals surface area contributed by atoms with Crippen LogP contribution in [0.2, 0.25) is 0 Å². The molecule has 0 aliphatic carbocycles. The number of anilines is 1. The van der Waals surface area contributed by atoms with E-state index in [2.05, 4.69) is 0 Å². The minimum Gasteiger partial charge on any atom is -0.393 e. The SMILES string of the molecule is CC(=C(C)c1cccc(N)c1[N+](=O)[O-])c1ccccc1. The number of nitro groups is 1. The molecule has 4 heteroatoms. The Hall–Kier alpha value is -2.62. The minimum atomic E-state index is -0.424. The molecular weight excluding hydrogens is 252 g/mol. The maximum atomic E-state index is 11.2. The van der Waals surface area contributed by atoms with Crippen LogP contribution in [0.4, 0.5) is 11.4 Å². The van der Waals surface area contributed by atoms with Gasteiger partial charge < -0.3 is 5.73 Å². The predicted octanol–water partition coefficient (Wildman–Crippen LogP) is 4.13. The van der Waals surface area contributed by atoms with E-state index >= 15 is 0 Å². The van der Waals surface area contributed by atoms with Crippen LogP contribution in [-0.2, 0) is 0 Å². The van der Waals surface area contributed by atoms with Gasteiger partial charge in [0.15, 0.2) is 0 Å². The second-order valence-corrected chi connectivity index (χ2v) is 4.62. The van der Waals surface area contributed by atoms with Gasteiger partial charge in [0.05, 0.1) is 10.5 Å². The lowest BCUT2D eigenvalue weighted by atomic mass is 9.95. The normalized spacial score (nSPS) is 11.9. The smallest absolute Gasteiger partial charge is 0.299 e. The molecule has 0 unspecified atom stereocenters. The van der Waals surface area contributed by atoms with Crippen molar-refractivity contribution < 1.29 is 4.92 Å². The molecule has 0 aliphatic rings. The van der Waals surface area contributed by atoms with Crippen molar-refractivity contribution in [3.05, 3.63) is 69.8 Å². The van der Waals surface area contributed by atoms with Crippen LogP contribution in [0.25, 0.3) is 11.1 Å². The maximum Gasteiger partial charge on any atom is 0.299 e. The molecule has 0 aromatic heterocycles. The minimum absolute atomic E-state index is 0.0275. The number of nitro benzene ring substituents is 1. The van der Waals surface area contributed by atoms with Crippen molar-refractivity contribution >= 4 is 22.5 Å². The molecule has 2 N–H and O–H groups in total. The molecule has 20 heavy (non-hydrogen) atoms. The highest BCUT2D eigenvalue weighted by Crippen LogP contribution is 2.34. The Morgan fingerprint density at radius 1 is 1.00 bits per heavy atom. The van der Waals surface area contributed by atoms with Crippen LogP contribution in [0.1, 0.15) is 25.0 Å². The van der Waals surface area contributed by atoms with E-state index < -0.39 is 4.92 Å². The van der Waals surface area contributed by atoms with Crippen LogP contribution in [0.3, 0.4) is 0 Å². The standard InChI is InChI=1S/C16H16N2O2/c1-11(13-7-4-3-5-8-13)12(2)14-9-6-10-15(17)16(14)18(19)20/h3-10H,17H2,1-2H3. The highest BCUT2D eigenvalue weighted by atomic mass is 16.6. The maximum absolute atomic E-state index is 11.2. The summed E-state index contributed by atoms with van der Waals surface area (Å²) in [6.45, 7) is 3.84. The Morgan fingerprint density at radius 2 is 1.65 bits per heavy atom. The third kappa shape index (κ3) is 2.54. The second kappa shape index (κ2) is 5.57. The van der Waals surface area contributed by atoms with Crippen molar-refractivity contribution in [1.82, 2.24) is 0 Å². The van der Waals surface area contributed by atoms with Crippen LogP contribution in [0.15, 0.2) is 48.5 Å². The van der Waals surface area contributed by atoms with Crippen LogP contribution in [0.5, 0.6) is 0 Å². The molecule has 4 nitrogen and oxygen atoms in total. The van der Waals surface area contributed by atoms with Gasteiger partial charge in [0.2, 0.25) is 0 Å². The lowest BCUT2D eigenvalue weighted by Gasteiger charge is -2.10. The van der Waals surface area contributed by atoms with E-state index in [1.807, 2.05) is 44.2 Å². The zero-order chi connectivity index (χ0) is 14.7. The first kappa shape index (κ1) is 13.8. The topological polar surface area (TPSA) is 69.2 Å². The summed E-state index contributed by atoms with van der Waals surface area (Å²) in [6, 6.07) is 14.8. The number of para-hydroxylation sites is 1. The molecule has 0 amide bonds. The van der Waals surface area contributed by atoms with Gasteiger partial charge in [-0.05, 0) is 42.7 Å². The van der Waals surface area contributed by atoms with Crippen LogP contribution in [0, 0.1) is 10.1 Å². The summed E-state index contributed by atoms with van der Waals surface area (Å²) in [6.07, 6.45) is 0. The molecule has 0 bridgehead atoms. The highest BCUT2D eigenvalue weighted by Gasteiger charge is 2.19. The summed E-state index contributed by atoms with van der Waals surface area (Å²) in [4.78, 5) is 10.8. The molecule has 0 atom stereocenters. The summed E-state index contributed by atoms with van der Waals surface area (Å²) in [5.74, 6) is 0. The molecule has 0 fully saturated rings. The van der Waals surface area contributed by atoms with Crippen molar-refractivity contribution in [1.29, 1.82) is 0 Å². The van der Waals surface area contributed by atoms with Crippen LogP contribution >= 0.6 is 0 Å². The molecule has 2 rings (SSSR count). The molecule has 0 spiro atoms. The number of allylic oxidation sites excluding steroid dienone is 2. The van der Waals surface area contributed by atoms with Gasteiger partial charge in [-0.3, -0.25) is 10.1 Å². The fourth-order valence-electron chi connectivity index (χ4n) is 2.17. The van der Waals surface area contributed by atoms with E-state index in [0.29, 0.717) is 5.56 Å². The first-order chi connectivity index (χ1) is 9.52. The Kier molecular flexibility index (Phi) is 3.84. The van der Waals surface area contributed by atoms with E-state index in [9.17, 15) is 10.1 Å². The van der Waals surface area contributed by atoms with Gasteiger partial charge >= 0.3 is 0 Å². The van der Waals surface area contributed by atoms with Gasteiger partial charge in [-0.25, -0.2) is 0 Å². The molecule has 0 heterocycles. The van der Waals surface area contributed by atoms with Gasteiger partial charge in [-0.1, -0.05) is 36.4 Å². The number of hydrogen-bond acceptors (Lipinski definition) is 3. The first-order valence-electron chi connectivity index (χ1n) is 6.28. The number of hydrogen-bond donors (Lipinski definition) is 1. The largest absolute Gasteiger partial charge is 0.393 e. The highest BCUT2D eigenvalue weighted by molar-refractivity contribution is 5.93. The number of nitrogens with zero attached hydrogens (tertiary/aromatic N) is 1. The molecule has 102 valence electrons. The number of nitrogens with two attached hydrogens (primary N) is 1. The zero-order valence-electron chi connectivity index (χ0n) is 11.5. The molecule has 0 aliphatic heterocycles. The summed E-state index contributed by atoms with van der Waals surface area (Å²) in [7, 11) is 0. The lowest BCUT2D eigenvalue weighted by Crippen LogP contribution is -2.00. The van der Waals surface area contributed by atoms with Crippen LogP contribution in [-0.4, -0.2) is 4.92 Å². The third-order valence-electron chi connectivity index (χ3n) is 3.42. The Morgan fingerprint density at radius 3 is 2.25 bits per heavy atom. The summed E-state index contributed by atoms with van der Waals surface area (Å²) < 4.78 is 0. The van der Waals surface area contributed by atoms with Crippen LogP contribution < -0.4 is 5.73 Å². The van der Waals surface area contributed by atoms with E-state index in [4.69, 9.17) is 5.73 Å². The lowest BCUT2D eigenvalue weighted by molar-refractivity contribution is -0.384. The fraction of sp³-hybridized carbons (Fsp3) is 0.125. The van der Waals surface area contributed by atoms with Crippen molar-refractivity contribution in [3.8, 4) is 0 Å². The van der Waals surface area contributed by atoms with Crippen molar-refractivity contribution in [3.63, 3.8) is 0 Å². The number of benzene rings is 2. The number of nitrogen functional groups attached to an aromatic ring is 1. The third-order valence-corrected chi connectivity index (χ3v) is 3.42. The second-order valence-electron chi connectivity index (χ2n) is 4.62. The zero-order valence-corrected chi connectivity index (χ0v) is 11.5. The van der Waals surface area contributed by atoms with Gasteiger partial charge in [0, 0.05) is 0 Å². The summed E-state index contributed by atoms with van der Waals surface area (Å²) in [5.41, 5.74) is 9.36. The van der Waals surface area contributed by atoms with Gasteiger partial charge in [0.1, 0.15) is 5.69 Å². The van der Waals surface area contributed by atoms with E-state index in [0.717, 1.165) is 16.7 Å². The average molecular weight is 268 g/mol. The summed E-state index contributed by atoms with van der Waals surface area (Å²) >= 11 is 0. The monoisotopic (exact) mass is 268 g/mol. The van der Waals surface area contributed by atoms with E-state index in [1.165, 1.54) is 0 Å². The Bertz CT molecular complexity index is 676. The van der Waals surface area contributed by atoms with E-state index in [-0.39, 0.29) is 11.4 Å². The Balaban J connectivity index is 2.62. The molecule has 0 saturated carbocycles. The molecule has 2 aromatic carbocycles. The Labute approximate surface area is 117 Å². The average Bonchev–Trinajstić information content (AvgIpc) is 2.46. The molecular formula is C16H16N2O2. The fourth-order valence-corrected chi connectivity index (χ4v) is 2.17. The molecule has 2 aromatic rings.